The molecule has 13 heteroatoms. The zero-order valence-corrected chi connectivity index (χ0v) is 28.4. The van der Waals surface area contributed by atoms with Crippen molar-refractivity contribution in [2.45, 2.75) is 60.5 Å². The summed E-state index contributed by atoms with van der Waals surface area (Å²) < 4.78 is 40.3. The van der Waals surface area contributed by atoms with Crippen LogP contribution in [0.4, 0.5) is 10.5 Å². The number of phenolic OH excluding ortho intramolecular Hbond substituents is 2. The van der Waals surface area contributed by atoms with Crippen LogP contribution in [0.1, 0.15) is 36.8 Å². The van der Waals surface area contributed by atoms with Crippen LogP contribution in [0, 0.1) is 0 Å². The second kappa shape index (κ2) is 12.9. The largest absolute Gasteiger partial charge is 0.508 e. The van der Waals surface area contributed by atoms with Crippen LogP contribution >= 0.6 is 11.8 Å². The molecule has 4 aromatic rings. The average molecular weight is 714 g/mol. The molecular weight excluding hydrogens is 679 g/mol. The molecule has 3 unspecified atom stereocenters. The SMILES string of the molecule is O=C(CCC[C@@H]1SC[C@@H]2NC(=O)N[C@@H]21)Nc1cccc2c(OS(=O)(=O)C3CC4OC3C(c3ccc(O)cc3)=C4c3ccc(O)cc3)cccc12. The number of aromatic hydroxyl groups is 2. The molecule has 4 aliphatic rings. The molecule has 6 atom stereocenters. The van der Waals surface area contributed by atoms with Crippen molar-refractivity contribution in [1.29, 1.82) is 0 Å². The maximum absolute atomic E-state index is 14.0. The zero-order chi connectivity index (χ0) is 34.6. The van der Waals surface area contributed by atoms with Gasteiger partial charge in [0.25, 0.3) is 0 Å². The number of benzene rings is 4. The van der Waals surface area contributed by atoms with Crippen LogP contribution in [0.25, 0.3) is 21.9 Å². The predicted octanol–water partition coefficient (Wildman–Crippen LogP) is 5.38. The summed E-state index contributed by atoms with van der Waals surface area (Å²) in [5.41, 5.74) is 3.62. The van der Waals surface area contributed by atoms with Crippen LogP contribution in [0.15, 0.2) is 84.9 Å². The van der Waals surface area contributed by atoms with Gasteiger partial charge in [-0.25, -0.2) is 4.79 Å². The lowest BCUT2D eigenvalue weighted by Crippen LogP contribution is -2.36. The number of phenols is 2. The van der Waals surface area contributed by atoms with E-state index in [4.69, 9.17) is 8.92 Å². The Bertz CT molecular complexity index is 2120. The lowest BCUT2D eigenvalue weighted by Gasteiger charge is -2.25. The van der Waals surface area contributed by atoms with Crippen molar-refractivity contribution in [2.24, 2.45) is 0 Å². The summed E-state index contributed by atoms with van der Waals surface area (Å²) in [6.07, 6.45) is 0.621. The minimum atomic E-state index is -4.23. The second-order valence-electron chi connectivity index (χ2n) is 13.0. The number of fused-ring (bicyclic) bond motifs is 4. The molecule has 0 aliphatic carbocycles. The van der Waals surface area contributed by atoms with Gasteiger partial charge in [-0.05, 0) is 71.5 Å². The molecule has 4 heterocycles. The first-order chi connectivity index (χ1) is 24.1. The molecule has 4 aliphatic heterocycles. The number of nitrogens with one attached hydrogen (secondary N) is 3. The summed E-state index contributed by atoms with van der Waals surface area (Å²) in [6, 6.07) is 23.8. The van der Waals surface area contributed by atoms with Crippen LogP contribution < -0.4 is 20.1 Å². The molecule has 50 heavy (non-hydrogen) atoms. The van der Waals surface area contributed by atoms with E-state index in [2.05, 4.69) is 16.0 Å². The van der Waals surface area contributed by atoms with Gasteiger partial charge in [-0.2, -0.15) is 20.2 Å². The van der Waals surface area contributed by atoms with Gasteiger partial charge in [-0.1, -0.05) is 48.5 Å². The predicted molar refractivity (Wildman–Crippen MR) is 192 cm³/mol. The molecule has 0 radical (unpaired) electrons. The summed E-state index contributed by atoms with van der Waals surface area (Å²) in [7, 11) is -4.23. The highest BCUT2D eigenvalue weighted by Crippen LogP contribution is 2.51. The number of ether oxygens (including phenoxy) is 1. The third-order valence-electron chi connectivity index (χ3n) is 9.91. The standard InChI is InChI=1S/C37H35N3O8S2/c41-22-14-10-20(11-15-22)33-29-18-31(36(47-29)34(33)21-12-16-23(42)17-13-21)50(45,46)48-28-7-2-4-24-25(28)5-1-6-26(24)38-32(43)9-3-8-30-35-27(19-49-30)39-37(44)40-35/h1-2,4-7,10-17,27,29-31,35-36,41-42H,3,8-9,18-19H2,(H,38,43)(H2,39,40,44)/t27-,29?,30-,31?,35-,36?/m0/s1. The molecule has 258 valence electrons. The van der Waals surface area contributed by atoms with Gasteiger partial charge in [0.1, 0.15) is 22.9 Å². The highest BCUT2D eigenvalue weighted by molar-refractivity contribution is 8.00. The topological polar surface area (TPSA) is 163 Å². The molecule has 3 saturated heterocycles. The van der Waals surface area contributed by atoms with E-state index < -0.39 is 27.6 Å². The summed E-state index contributed by atoms with van der Waals surface area (Å²) in [5.74, 6) is 1.06. The van der Waals surface area contributed by atoms with E-state index in [-0.39, 0.29) is 52.9 Å². The zero-order valence-electron chi connectivity index (χ0n) is 26.7. The van der Waals surface area contributed by atoms with Gasteiger partial charge in [-0.3, -0.25) is 4.79 Å². The summed E-state index contributed by atoms with van der Waals surface area (Å²) in [5, 5.41) is 29.1. The maximum Gasteiger partial charge on any atom is 0.315 e. The van der Waals surface area contributed by atoms with Gasteiger partial charge in [0, 0.05) is 40.3 Å². The molecule has 3 amide bonds. The number of hydrogen-bond donors (Lipinski definition) is 5. The highest BCUT2D eigenvalue weighted by atomic mass is 32.2. The Hall–Kier alpha value is -4.72. The number of anilines is 1. The summed E-state index contributed by atoms with van der Waals surface area (Å²) in [4.78, 5) is 24.7. The van der Waals surface area contributed by atoms with E-state index >= 15 is 0 Å². The van der Waals surface area contributed by atoms with Crippen molar-refractivity contribution in [3.8, 4) is 17.2 Å². The summed E-state index contributed by atoms with van der Waals surface area (Å²) >= 11 is 1.81. The molecule has 0 saturated carbocycles. The van der Waals surface area contributed by atoms with Crippen LogP contribution in [0.2, 0.25) is 0 Å². The quantitative estimate of drug-likeness (QED) is 0.107. The van der Waals surface area contributed by atoms with Gasteiger partial charge in [0.15, 0.2) is 5.75 Å². The minimum absolute atomic E-state index is 0.0860. The molecule has 2 bridgehead atoms. The normalized spacial score (nSPS) is 25.4. The third kappa shape index (κ3) is 6.03. The Balaban J connectivity index is 0.998. The number of carbonyl (C=O) groups excluding carboxylic acids is 2. The van der Waals surface area contributed by atoms with Gasteiger partial charge in [0.2, 0.25) is 5.91 Å². The molecule has 4 aromatic carbocycles. The minimum Gasteiger partial charge on any atom is -0.508 e. The lowest BCUT2D eigenvalue weighted by atomic mass is 9.83. The van der Waals surface area contributed by atoms with Crippen LogP contribution in [-0.2, 0) is 19.6 Å². The first kappa shape index (κ1) is 32.5. The first-order valence-electron chi connectivity index (χ1n) is 16.6. The number of carbonyl (C=O) groups is 2. The Morgan fingerprint density at radius 1 is 0.900 bits per heavy atom. The van der Waals surface area contributed by atoms with Crippen LogP contribution in [0.5, 0.6) is 17.2 Å². The highest BCUT2D eigenvalue weighted by Gasteiger charge is 2.54. The summed E-state index contributed by atoms with van der Waals surface area (Å²) in [6.45, 7) is 0. The van der Waals surface area contributed by atoms with E-state index in [0.717, 1.165) is 28.9 Å². The van der Waals surface area contributed by atoms with Crippen LogP contribution in [0.3, 0.4) is 0 Å². The lowest BCUT2D eigenvalue weighted by molar-refractivity contribution is -0.116. The van der Waals surface area contributed by atoms with Crippen molar-refractivity contribution in [3.63, 3.8) is 0 Å². The molecule has 8 rings (SSSR count). The molecule has 0 aromatic heterocycles. The fraction of sp³-hybridized carbons (Fsp3) is 0.297. The maximum atomic E-state index is 14.0. The molecule has 5 N–H and O–H groups in total. The number of rotatable bonds is 10. The van der Waals surface area contributed by atoms with Crippen molar-refractivity contribution >= 4 is 61.4 Å². The Morgan fingerprint density at radius 2 is 1.58 bits per heavy atom. The third-order valence-corrected chi connectivity index (χ3v) is 13.0. The van der Waals surface area contributed by atoms with Gasteiger partial charge < -0.3 is 35.1 Å². The number of thioether (sulfide) groups is 1. The molecular formula is C37H35N3O8S2. The van der Waals surface area contributed by atoms with Crippen LogP contribution in [-0.4, -0.2) is 71.1 Å². The van der Waals surface area contributed by atoms with Crippen molar-refractivity contribution < 1.29 is 37.1 Å². The van der Waals surface area contributed by atoms with Gasteiger partial charge in [-0.15, -0.1) is 0 Å². The molecule has 3 fully saturated rings. The Morgan fingerprint density at radius 3 is 2.32 bits per heavy atom. The Kier molecular flexibility index (Phi) is 8.36. The average Bonchev–Trinajstić information content (AvgIpc) is 3.87. The van der Waals surface area contributed by atoms with E-state index in [1.807, 2.05) is 17.8 Å². The van der Waals surface area contributed by atoms with Crippen molar-refractivity contribution in [1.82, 2.24) is 10.6 Å². The van der Waals surface area contributed by atoms with E-state index in [9.17, 15) is 28.2 Å². The smallest absolute Gasteiger partial charge is 0.315 e. The number of hydrogen-bond acceptors (Lipinski definition) is 9. The van der Waals surface area contributed by atoms with Gasteiger partial charge in [0.05, 0.1) is 18.2 Å². The fourth-order valence-corrected chi connectivity index (χ4v) is 10.6. The molecule has 11 nitrogen and oxygen atoms in total. The second-order valence-corrected chi connectivity index (χ2v) is 16.1. The van der Waals surface area contributed by atoms with Crippen molar-refractivity contribution in [2.75, 3.05) is 11.1 Å². The van der Waals surface area contributed by atoms with Crippen molar-refractivity contribution in [3.05, 3.63) is 96.1 Å². The monoisotopic (exact) mass is 713 g/mol. The molecule has 0 spiro atoms. The van der Waals surface area contributed by atoms with E-state index in [1.54, 1.807) is 78.9 Å². The number of amides is 3. The fourth-order valence-electron chi connectivity index (χ4n) is 7.60. The van der Waals surface area contributed by atoms with E-state index in [0.29, 0.717) is 34.9 Å². The number of urea groups is 1. The van der Waals surface area contributed by atoms with Gasteiger partial charge >= 0.3 is 16.1 Å². The first-order valence-corrected chi connectivity index (χ1v) is 19.1. The van der Waals surface area contributed by atoms with E-state index in [1.165, 1.54) is 0 Å². The Labute approximate surface area is 293 Å².